The van der Waals surface area contributed by atoms with E-state index in [9.17, 15) is 14.4 Å². The minimum Gasteiger partial charge on any atom is -0.405 e. The molecule has 9 heteroatoms. The van der Waals surface area contributed by atoms with E-state index in [0.29, 0.717) is 24.7 Å². The Balaban J connectivity index is 1.41. The van der Waals surface area contributed by atoms with Crippen LogP contribution in [0.2, 0.25) is 5.02 Å². The van der Waals surface area contributed by atoms with Gasteiger partial charge in [-0.1, -0.05) is 42.5 Å². The van der Waals surface area contributed by atoms with Crippen LogP contribution in [0.3, 0.4) is 0 Å². The van der Waals surface area contributed by atoms with Crippen molar-refractivity contribution in [1.82, 2.24) is 20.0 Å². The van der Waals surface area contributed by atoms with E-state index in [0.717, 1.165) is 43.6 Å². The van der Waals surface area contributed by atoms with Gasteiger partial charge in [-0.2, -0.15) is 0 Å². The lowest BCUT2D eigenvalue weighted by atomic mass is 9.94. The summed E-state index contributed by atoms with van der Waals surface area (Å²) in [6.07, 6.45) is 8.57. The third-order valence-corrected chi connectivity index (χ3v) is 6.60. The summed E-state index contributed by atoms with van der Waals surface area (Å²) in [5, 5.41) is 3.46. The van der Waals surface area contributed by atoms with Crippen LogP contribution in [-0.4, -0.2) is 78.2 Å². The van der Waals surface area contributed by atoms with Crippen molar-refractivity contribution < 1.29 is 14.4 Å². The van der Waals surface area contributed by atoms with E-state index < -0.39 is 0 Å². The monoisotopic (exact) mass is 499 g/mol. The van der Waals surface area contributed by atoms with Gasteiger partial charge in [0.05, 0.1) is 13.1 Å². The summed E-state index contributed by atoms with van der Waals surface area (Å²) in [4.78, 5) is 43.4. The maximum absolute atomic E-state index is 13.0. The maximum atomic E-state index is 13.0. The van der Waals surface area contributed by atoms with E-state index in [1.165, 1.54) is 11.1 Å². The van der Waals surface area contributed by atoms with Crippen LogP contribution < -0.4 is 11.1 Å². The zero-order valence-corrected chi connectivity index (χ0v) is 20.8. The average Bonchev–Trinajstić information content (AvgIpc) is 2.85. The third-order valence-electron chi connectivity index (χ3n) is 6.35. The Labute approximate surface area is 212 Å². The van der Waals surface area contributed by atoms with Crippen LogP contribution in [0.15, 0.2) is 60.8 Å². The Kier molecular flexibility index (Phi) is 9.93. The van der Waals surface area contributed by atoms with Crippen molar-refractivity contribution in [3.63, 3.8) is 0 Å². The van der Waals surface area contributed by atoms with Gasteiger partial charge in [0.2, 0.25) is 17.7 Å². The standard InChI is InChI=1S/C26H34ClN5O3/c1-2-3-21(8-11-28)17-30-12-9-22(10-13-30)26(35)32-15-14-31(25(34)19-32)18-24(33)29-16-20-4-6-23(27)7-5-20/h2-8,11,22H,1,9-10,12-19,28H2,(H,29,33)/b11-8-,21-3+. The minimum absolute atomic E-state index is 0.00928. The molecule has 0 aromatic heterocycles. The Morgan fingerprint density at radius 3 is 2.46 bits per heavy atom. The summed E-state index contributed by atoms with van der Waals surface area (Å²) >= 11 is 5.88. The SMILES string of the molecule is C=C/C=C(\C=C/N)CN1CCC(C(=O)N2CCN(CC(=O)NCc3ccc(Cl)cc3)C(=O)C2)CC1. The molecule has 3 amide bonds. The Bertz CT molecular complexity index is 968. The quantitative estimate of drug-likeness (QED) is 0.506. The summed E-state index contributed by atoms with van der Waals surface area (Å²) < 4.78 is 0. The Morgan fingerprint density at radius 2 is 1.83 bits per heavy atom. The summed E-state index contributed by atoms with van der Waals surface area (Å²) in [6.45, 7) is 7.31. The van der Waals surface area contributed by atoms with Crippen LogP contribution in [0.4, 0.5) is 0 Å². The number of carbonyl (C=O) groups excluding carboxylic acids is 3. The van der Waals surface area contributed by atoms with E-state index >= 15 is 0 Å². The molecular formula is C26H34ClN5O3. The summed E-state index contributed by atoms with van der Waals surface area (Å²) in [6, 6.07) is 7.22. The predicted octanol–water partition coefficient (Wildman–Crippen LogP) is 1.92. The molecule has 35 heavy (non-hydrogen) atoms. The second-order valence-electron chi connectivity index (χ2n) is 8.87. The molecule has 0 unspecified atom stereocenters. The van der Waals surface area contributed by atoms with Crippen LogP contribution in [0, 0.1) is 5.92 Å². The fraction of sp³-hybridized carbons (Fsp3) is 0.423. The summed E-state index contributed by atoms with van der Waals surface area (Å²) in [7, 11) is 0. The fourth-order valence-electron chi connectivity index (χ4n) is 4.39. The average molecular weight is 500 g/mol. The van der Waals surface area contributed by atoms with Gasteiger partial charge < -0.3 is 20.9 Å². The number of amides is 3. The molecule has 2 fully saturated rings. The first-order chi connectivity index (χ1) is 16.9. The number of allylic oxidation sites excluding steroid dienone is 2. The van der Waals surface area contributed by atoms with Gasteiger partial charge in [-0.15, -0.1) is 0 Å². The van der Waals surface area contributed by atoms with Crippen LogP contribution in [0.25, 0.3) is 0 Å². The molecule has 188 valence electrons. The normalized spacial score (nSPS) is 18.2. The van der Waals surface area contributed by atoms with E-state index in [1.807, 2.05) is 24.3 Å². The van der Waals surface area contributed by atoms with E-state index in [-0.39, 0.29) is 36.7 Å². The van der Waals surface area contributed by atoms with Crippen molar-refractivity contribution in [3.05, 3.63) is 71.4 Å². The van der Waals surface area contributed by atoms with Crippen LogP contribution in [0.5, 0.6) is 0 Å². The number of nitrogens with one attached hydrogen (secondary N) is 1. The molecule has 2 saturated heterocycles. The molecule has 2 heterocycles. The van der Waals surface area contributed by atoms with Gasteiger partial charge >= 0.3 is 0 Å². The molecule has 2 aliphatic rings. The first-order valence-electron chi connectivity index (χ1n) is 11.9. The van der Waals surface area contributed by atoms with Crippen molar-refractivity contribution in [1.29, 1.82) is 0 Å². The van der Waals surface area contributed by atoms with E-state index in [2.05, 4.69) is 16.8 Å². The number of rotatable bonds is 9. The highest BCUT2D eigenvalue weighted by molar-refractivity contribution is 6.30. The number of piperidine rings is 1. The van der Waals surface area contributed by atoms with E-state index in [4.69, 9.17) is 17.3 Å². The maximum Gasteiger partial charge on any atom is 0.242 e. The van der Waals surface area contributed by atoms with Crippen molar-refractivity contribution in [3.8, 4) is 0 Å². The first-order valence-corrected chi connectivity index (χ1v) is 12.3. The van der Waals surface area contributed by atoms with Crippen LogP contribution in [0.1, 0.15) is 18.4 Å². The van der Waals surface area contributed by atoms with Crippen LogP contribution in [-0.2, 0) is 20.9 Å². The fourth-order valence-corrected chi connectivity index (χ4v) is 4.51. The predicted molar refractivity (Wildman–Crippen MR) is 137 cm³/mol. The molecule has 0 radical (unpaired) electrons. The largest absolute Gasteiger partial charge is 0.405 e. The number of nitrogens with zero attached hydrogens (tertiary/aromatic N) is 3. The zero-order valence-electron chi connectivity index (χ0n) is 20.0. The molecule has 0 atom stereocenters. The van der Waals surface area contributed by atoms with Crippen LogP contribution >= 0.6 is 11.6 Å². The van der Waals surface area contributed by atoms with Crippen molar-refractivity contribution in [2.24, 2.45) is 11.7 Å². The highest BCUT2D eigenvalue weighted by Crippen LogP contribution is 2.21. The lowest BCUT2D eigenvalue weighted by Gasteiger charge is -2.38. The van der Waals surface area contributed by atoms with Crippen molar-refractivity contribution in [2.45, 2.75) is 19.4 Å². The number of halogens is 1. The number of benzene rings is 1. The number of piperazine rings is 1. The number of nitrogens with two attached hydrogens (primary N) is 1. The third kappa shape index (κ3) is 7.97. The van der Waals surface area contributed by atoms with E-state index in [1.54, 1.807) is 23.1 Å². The number of hydrogen-bond donors (Lipinski definition) is 2. The molecule has 3 rings (SSSR count). The topological polar surface area (TPSA) is 99.0 Å². The molecule has 3 N–H and O–H groups in total. The second-order valence-corrected chi connectivity index (χ2v) is 9.30. The molecule has 0 spiro atoms. The highest BCUT2D eigenvalue weighted by Gasteiger charge is 2.33. The molecule has 2 aliphatic heterocycles. The van der Waals surface area contributed by atoms with Gasteiger partial charge in [-0.25, -0.2) is 0 Å². The highest BCUT2D eigenvalue weighted by atomic mass is 35.5. The molecule has 1 aromatic carbocycles. The molecule has 1 aromatic rings. The lowest BCUT2D eigenvalue weighted by Crippen LogP contribution is -2.56. The van der Waals surface area contributed by atoms with Gasteiger partial charge in [0.25, 0.3) is 0 Å². The zero-order chi connectivity index (χ0) is 25.2. The molecular weight excluding hydrogens is 466 g/mol. The first kappa shape index (κ1) is 26.5. The van der Waals surface area contributed by atoms with Gasteiger partial charge in [0.15, 0.2) is 0 Å². The van der Waals surface area contributed by atoms with Gasteiger partial charge in [-0.05, 0) is 61.5 Å². The smallest absolute Gasteiger partial charge is 0.242 e. The lowest BCUT2D eigenvalue weighted by molar-refractivity contribution is -0.149. The van der Waals surface area contributed by atoms with Crippen molar-refractivity contribution in [2.75, 3.05) is 45.8 Å². The number of likely N-dealkylation sites (tertiary alicyclic amines) is 1. The Hall–Kier alpha value is -3.10. The van der Waals surface area contributed by atoms with Gasteiger partial charge in [0.1, 0.15) is 0 Å². The van der Waals surface area contributed by atoms with Gasteiger partial charge in [-0.3, -0.25) is 19.3 Å². The molecule has 0 saturated carbocycles. The minimum atomic E-state index is -0.227. The summed E-state index contributed by atoms with van der Waals surface area (Å²) in [5.74, 6) is -0.468. The molecule has 0 bridgehead atoms. The second kappa shape index (κ2) is 13.1. The number of carbonyl (C=O) groups is 3. The summed E-state index contributed by atoms with van der Waals surface area (Å²) in [5.41, 5.74) is 7.52. The molecule has 0 aliphatic carbocycles. The Morgan fingerprint density at radius 1 is 1.11 bits per heavy atom. The van der Waals surface area contributed by atoms with Crippen molar-refractivity contribution >= 4 is 29.3 Å². The number of hydrogen-bond acceptors (Lipinski definition) is 5. The van der Waals surface area contributed by atoms with Gasteiger partial charge in [0, 0.05) is 37.1 Å². The molecule has 8 nitrogen and oxygen atoms in total.